The minimum Gasteiger partial charge on any atom is -0.497 e. The standard InChI is InChI=1S/C16H13ClN2O5/c1-24-13-4-2-3-11(9-13)18-16(21)14(17)15(20)10-5-7-12(8-6-10)19(22)23/h2-9,14H,1H3,(H,18,21). The second kappa shape index (κ2) is 7.56. The highest BCUT2D eigenvalue weighted by molar-refractivity contribution is 6.45. The van der Waals surface area contributed by atoms with Gasteiger partial charge in [-0.15, -0.1) is 11.6 Å². The topological polar surface area (TPSA) is 98.5 Å². The van der Waals surface area contributed by atoms with E-state index in [0.717, 1.165) is 0 Å². The number of nitro groups is 1. The van der Waals surface area contributed by atoms with Gasteiger partial charge < -0.3 is 10.1 Å². The fourth-order valence-electron chi connectivity index (χ4n) is 1.92. The molecule has 2 aromatic carbocycles. The van der Waals surface area contributed by atoms with Crippen molar-refractivity contribution in [1.82, 2.24) is 0 Å². The van der Waals surface area contributed by atoms with Gasteiger partial charge in [-0.25, -0.2) is 0 Å². The summed E-state index contributed by atoms with van der Waals surface area (Å²) in [5.41, 5.74) is 0.390. The zero-order valence-electron chi connectivity index (χ0n) is 12.6. The zero-order chi connectivity index (χ0) is 17.7. The summed E-state index contributed by atoms with van der Waals surface area (Å²) in [6.45, 7) is 0. The number of non-ortho nitro benzene ring substituents is 1. The number of ether oxygens (including phenoxy) is 1. The third-order valence-corrected chi connectivity index (χ3v) is 3.56. The highest BCUT2D eigenvalue weighted by Crippen LogP contribution is 2.19. The van der Waals surface area contributed by atoms with Crippen LogP contribution in [-0.2, 0) is 4.79 Å². The molecule has 1 N–H and O–H groups in total. The summed E-state index contributed by atoms with van der Waals surface area (Å²) in [5.74, 6) is -0.805. The number of rotatable bonds is 6. The van der Waals surface area contributed by atoms with E-state index in [1.807, 2.05) is 0 Å². The van der Waals surface area contributed by atoms with Crippen LogP contribution in [-0.4, -0.2) is 29.1 Å². The number of nitro benzene ring substituents is 1. The Kier molecular flexibility index (Phi) is 5.49. The number of halogens is 1. The number of hydrogen-bond donors (Lipinski definition) is 1. The van der Waals surface area contributed by atoms with Crippen LogP contribution in [0.25, 0.3) is 0 Å². The lowest BCUT2D eigenvalue weighted by Crippen LogP contribution is -2.30. The molecule has 124 valence electrons. The van der Waals surface area contributed by atoms with Crippen LogP contribution in [0.2, 0.25) is 0 Å². The van der Waals surface area contributed by atoms with Crippen molar-refractivity contribution in [3.63, 3.8) is 0 Å². The Labute approximate surface area is 142 Å². The molecule has 0 aliphatic carbocycles. The molecular weight excluding hydrogens is 336 g/mol. The van der Waals surface area contributed by atoms with Gasteiger partial charge >= 0.3 is 0 Å². The highest BCUT2D eigenvalue weighted by atomic mass is 35.5. The van der Waals surface area contributed by atoms with Gasteiger partial charge in [-0.3, -0.25) is 19.7 Å². The van der Waals surface area contributed by atoms with Crippen molar-refractivity contribution in [2.24, 2.45) is 0 Å². The number of methoxy groups -OCH3 is 1. The Morgan fingerprint density at radius 2 is 1.88 bits per heavy atom. The van der Waals surface area contributed by atoms with Crippen molar-refractivity contribution < 1.29 is 19.2 Å². The van der Waals surface area contributed by atoms with Crippen LogP contribution in [0, 0.1) is 10.1 Å². The van der Waals surface area contributed by atoms with Gasteiger partial charge in [-0.2, -0.15) is 0 Å². The lowest BCUT2D eigenvalue weighted by Gasteiger charge is -2.10. The fraction of sp³-hybridized carbons (Fsp3) is 0.125. The summed E-state index contributed by atoms with van der Waals surface area (Å²) >= 11 is 5.92. The Morgan fingerprint density at radius 3 is 2.46 bits per heavy atom. The monoisotopic (exact) mass is 348 g/mol. The maximum atomic E-state index is 12.2. The van der Waals surface area contributed by atoms with Crippen molar-refractivity contribution in [1.29, 1.82) is 0 Å². The number of ketones is 1. The van der Waals surface area contributed by atoms with E-state index in [4.69, 9.17) is 16.3 Å². The van der Waals surface area contributed by atoms with Crippen molar-refractivity contribution in [3.8, 4) is 5.75 Å². The van der Waals surface area contributed by atoms with Gasteiger partial charge in [0.2, 0.25) is 5.91 Å². The van der Waals surface area contributed by atoms with Crippen LogP contribution >= 0.6 is 11.6 Å². The van der Waals surface area contributed by atoms with E-state index in [1.165, 1.54) is 31.4 Å². The molecular formula is C16H13ClN2O5. The molecule has 0 aliphatic rings. The predicted molar refractivity (Wildman–Crippen MR) is 88.7 cm³/mol. The van der Waals surface area contributed by atoms with Crippen LogP contribution < -0.4 is 10.1 Å². The van der Waals surface area contributed by atoms with Crippen LogP contribution in [0.5, 0.6) is 5.75 Å². The van der Waals surface area contributed by atoms with Gasteiger partial charge in [0, 0.05) is 29.4 Å². The molecule has 0 heterocycles. The number of carbonyl (C=O) groups excluding carboxylic acids is 2. The minimum atomic E-state index is -1.46. The number of Topliss-reactive ketones (excluding diaryl/α,β-unsaturated/α-hetero) is 1. The number of amides is 1. The third kappa shape index (κ3) is 4.08. The highest BCUT2D eigenvalue weighted by Gasteiger charge is 2.25. The SMILES string of the molecule is COc1cccc(NC(=O)C(Cl)C(=O)c2ccc([N+](=O)[O-])cc2)c1. The first-order chi connectivity index (χ1) is 11.4. The molecule has 0 radical (unpaired) electrons. The molecule has 1 unspecified atom stereocenters. The van der Waals surface area contributed by atoms with Crippen LogP contribution in [0.15, 0.2) is 48.5 Å². The van der Waals surface area contributed by atoms with E-state index in [9.17, 15) is 19.7 Å². The first-order valence-corrected chi connectivity index (χ1v) is 7.23. The van der Waals surface area contributed by atoms with E-state index < -0.39 is 22.0 Å². The van der Waals surface area contributed by atoms with Crippen molar-refractivity contribution >= 4 is 34.7 Å². The molecule has 0 aromatic heterocycles. The van der Waals surface area contributed by atoms with E-state index in [2.05, 4.69) is 5.32 Å². The number of alkyl halides is 1. The Morgan fingerprint density at radius 1 is 1.21 bits per heavy atom. The van der Waals surface area contributed by atoms with Gasteiger partial charge in [0.1, 0.15) is 5.75 Å². The lowest BCUT2D eigenvalue weighted by molar-refractivity contribution is -0.384. The van der Waals surface area contributed by atoms with Crippen molar-refractivity contribution in [2.45, 2.75) is 5.38 Å². The Hall–Kier alpha value is -2.93. The zero-order valence-corrected chi connectivity index (χ0v) is 13.3. The van der Waals surface area contributed by atoms with Crippen LogP contribution in [0.1, 0.15) is 10.4 Å². The van der Waals surface area contributed by atoms with E-state index in [0.29, 0.717) is 11.4 Å². The number of benzene rings is 2. The van der Waals surface area contributed by atoms with E-state index >= 15 is 0 Å². The summed E-state index contributed by atoms with van der Waals surface area (Å²) < 4.78 is 5.04. The first-order valence-electron chi connectivity index (χ1n) is 6.80. The normalized spacial score (nSPS) is 11.4. The molecule has 0 fully saturated rings. The number of carbonyl (C=O) groups is 2. The minimum absolute atomic E-state index is 0.112. The molecule has 8 heteroatoms. The van der Waals surface area contributed by atoms with Crippen molar-refractivity contribution in [2.75, 3.05) is 12.4 Å². The van der Waals surface area contributed by atoms with Crippen molar-refractivity contribution in [3.05, 3.63) is 64.2 Å². The smallest absolute Gasteiger partial charge is 0.269 e. The average molecular weight is 349 g/mol. The molecule has 2 rings (SSSR count). The molecule has 24 heavy (non-hydrogen) atoms. The predicted octanol–water partition coefficient (Wildman–Crippen LogP) is 3.03. The summed E-state index contributed by atoms with van der Waals surface area (Å²) in [6.07, 6.45) is 0. The summed E-state index contributed by atoms with van der Waals surface area (Å²) in [7, 11) is 1.49. The number of anilines is 1. The number of hydrogen-bond acceptors (Lipinski definition) is 5. The molecule has 0 saturated carbocycles. The molecule has 1 amide bonds. The maximum absolute atomic E-state index is 12.2. The molecule has 2 aromatic rings. The second-order valence-electron chi connectivity index (χ2n) is 4.75. The average Bonchev–Trinajstić information content (AvgIpc) is 2.60. The third-order valence-electron chi connectivity index (χ3n) is 3.16. The van der Waals surface area contributed by atoms with Gasteiger partial charge in [-0.05, 0) is 24.3 Å². The largest absolute Gasteiger partial charge is 0.497 e. The van der Waals surface area contributed by atoms with Crippen LogP contribution in [0.3, 0.4) is 0 Å². The van der Waals surface area contributed by atoms with E-state index in [1.54, 1.807) is 24.3 Å². The molecule has 7 nitrogen and oxygen atoms in total. The van der Waals surface area contributed by atoms with Crippen LogP contribution in [0.4, 0.5) is 11.4 Å². The van der Waals surface area contributed by atoms with Gasteiger partial charge in [0.05, 0.1) is 12.0 Å². The number of nitrogens with zero attached hydrogens (tertiary/aromatic N) is 1. The first kappa shape index (κ1) is 17.4. The molecule has 1 atom stereocenters. The van der Waals surface area contributed by atoms with Gasteiger partial charge in [-0.1, -0.05) is 6.07 Å². The fourth-order valence-corrected chi connectivity index (χ4v) is 2.10. The summed E-state index contributed by atoms with van der Waals surface area (Å²) in [6, 6.07) is 11.5. The second-order valence-corrected chi connectivity index (χ2v) is 5.19. The Balaban J connectivity index is 2.08. The summed E-state index contributed by atoms with van der Waals surface area (Å²) in [4.78, 5) is 34.3. The molecule has 0 bridgehead atoms. The van der Waals surface area contributed by atoms with Gasteiger partial charge in [0.15, 0.2) is 11.2 Å². The van der Waals surface area contributed by atoms with Gasteiger partial charge in [0.25, 0.3) is 5.69 Å². The Bertz CT molecular complexity index is 776. The maximum Gasteiger partial charge on any atom is 0.269 e. The lowest BCUT2D eigenvalue weighted by atomic mass is 10.1. The molecule has 0 saturated heterocycles. The quantitative estimate of drug-likeness (QED) is 0.284. The number of nitrogens with one attached hydrogen (secondary N) is 1. The van der Waals surface area contributed by atoms with E-state index in [-0.39, 0.29) is 11.3 Å². The molecule has 0 spiro atoms. The molecule has 0 aliphatic heterocycles. The summed E-state index contributed by atoms with van der Waals surface area (Å²) in [5, 5.41) is 11.7.